The van der Waals surface area contributed by atoms with E-state index in [0.29, 0.717) is 5.92 Å². The number of hydrogen-bond acceptors (Lipinski definition) is 1. The molecule has 2 aliphatic rings. The normalized spacial score (nSPS) is 23.8. The van der Waals surface area contributed by atoms with Crippen molar-refractivity contribution in [1.82, 2.24) is 0 Å². The summed E-state index contributed by atoms with van der Waals surface area (Å²) >= 11 is 12.2. The average Bonchev–Trinajstić information content (AvgIpc) is 2.55. The van der Waals surface area contributed by atoms with Gasteiger partial charge < -0.3 is 5.32 Å². The minimum Gasteiger partial charge on any atom is -0.383 e. The smallest absolute Gasteiger partial charge is 0.0655 e. The minimum atomic E-state index is 0.608. The van der Waals surface area contributed by atoms with E-state index in [9.17, 15) is 0 Å². The molecule has 1 aliphatic carbocycles. The third-order valence-electron chi connectivity index (χ3n) is 3.89. The van der Waals surface area contributed by atoms with E-state index < -0.39 is 0 Å². The van der Waals surface area contributed by atoms with Crippen molar-refractivity contribution >= 4 is 28.9 Å². The Hall–Kier alpha value is -0.400. The molecule has 1 aromatic carbocycles. The van der Waals surface area contributed by atoms with Gasteiger partial charge in [-0.05, 0) is 30.0 Å². The number of halogens is 2. The molecule has 1 atom stereocenters. The zero-order chi connectivity index (χ0) is 11.1. The maximum absolute atomic E-state index is 6.18. The van der Waals surface area contributed by atoms with E-state index in [1.807, 2.05) is 6.07 Å². The topological polar surface area (TPSA) is 12.0 Å². The zero-order valence-corrected chi connectivity index (χ0v) is 10.6. The summed E-state index contributed by atoms with van der Waals surface area (Å²) in [5.41, 5.74) is 2.43. The second-order valence-corrected chi connectivity index (χ2v) is 5.81. The van der Waals surface area contributed by atoms with Crippen molar-refractivity contribution in [1.29, 1.82) is 0 Å². The summed E-state index contributed by atoms with van der Waals surface area (Å²) in [5, 5.41) is 4.93. The van der Waals surface area contributed by atoms with Gasteiger partial charge in [-0.2, -0.15) is 0 Å². The lowest BCUT2D eigenvalue weighted by Gasteiger charge is -2.28. The highest BCUT2D eigenvalue weighted by molar-refractivity contribution is 6.36. The molecule has 0 aromatic heterocycles. The molecule has 1 heterocycles. The van der Waals surface area contributed by atoms with Crippen LogP contribution in [-0.2, 0) is 0 Å². The van der Waals surface area contributed by atoms with Crippen molar-refractivity contribution in [2.75, 3.05) is 11.9 Å². The first-order chi connectivity index (χ1) is 7.74. The molecular weight excluding hydrogens is 241 g/mol. The van der Waals surface area contributed by atoms with Gasteiger partial charge in [-0.15, -0.1) is 0 Å². The second kappa shape index (κ2) is 4.12. The highest BCUT2D eigenvalue weighted by Crippen LogP contribution is 2.44. The van der Waals surface area contributed by atoms with Crippen molar-refractivity contribution in [2.45, 2.75) is 31.6 Å². The molecule has 0 spiro atoms. The van der Waals surface area contributed by atoms with E-state index in [0.717, 1.165) is 28.2 Å². The number of fused-ring (bicyclic) bond motifs is 1. The van der Waals surface area contributed by atoms with Gasteiger partial charge in [0.15, 0.2) is 0 Å². The SMILES string of the molecule is Clc1cc(Cl)c2c(c1)C(CC1CCC1)CN2. The Bertz CT molecular complexity index is 413. The van der Waals surface area contributed by atoms with Gasteiger partial charge in [0.1, 0.15) is 0 Å². The Balaban J connectivity index is 1.86. The highest BCUT2D eigenvalue weighted by Gasteiger charge is 2.29. The highest BCUT2D eigenvalue weighted by atomic mass is 35.5. The van der Waals surface area contributed by atoms with Crippen LogP contribution in [0.2, 0.25) is 10.0 Å². The monoisotopic (exact) mass is 255 g/mol. The van der Waals surface area contributed by atoms with Gasteiger partial charge in [-0.1, -0.05) is 42.5 Å². The molecule has 0 amide bonds. The van der Waals surface area contributed by atoms with Gasteiger partial charge in [-0.25, -0.2) is 0 Å². The molecule has 3 rings (SSSR count). The van der Waals surface area contributed by atoms with Crippen molar-refractivity contribution in [3.63, 3.8) is 0 Å². The molecule has 1 N–H and O–H groups in total. The van der Waals surface area contributed by atoms with Gasteiger partial charge in [0, 0.05) is 17.5 Å². The van der Waals surface area contributed by atoms with E-state index in [2.05, 4.69) is 11.4 Å². The molecule has 1 unspecified atom stereocenters. The summed E-state index contributed by atoms with van der Waals surface area (Å²) in [6.07, 6.45) is 5.50. The van der Waals surface area contributed by atoms with E-state index in [4.69, 9.17) is 23.2 Å². The minimum absolute atomic E-state index is 0.608. The molecule has 0 saturated heterocycles. The average molecular weight is 256 g/mol. The molecule has 0 bridgehead atoms. The lowest BCUT2D eigenvalue weighted by molar-refractivity contribution is 0.280. The van der Waals surface area contributed by atoms with E-state index in [1.54, 1.807) is 0 Å². The fourth-order valence-electron chi connectivity index (χ4n) is 2.78. The van der Waals surface area contributed by atoms with Crippen LogP contribution in [0.5, 0.6) is 0 Å². The first-order valence-electron chi connectivity index (χ1n) is 5.97. The standard InChI is InChI=1S/C13H15Cl2N/c14-10-5-11-9(4-8-2-1-3-8)7-16-13(11)12(15)6-10/h5-6,8-9,16H,1-4,7H2. The molecular formula is C13H15Cl2N. The van der Waals surface area contributed by atoms with E-state index in [1.165, 1.54) is 31.2 Å². The second-order valence-electron chi connectivity index (χ2n) is 4.96. The summed E-state index contributed by atoms with van der Waals surface area (Å²) in [5.74, 6) is 1.53. The molecule has 1 saturated carbocycles. The third kappa shape index (κ3) is 1.80. The van der Waals surface area contributed by atoms with Crippen molar-refractivity contribution in [2.24, 2.45) is 5.92 Å². The number of anilines is 1. The summed E-state index contributed by atoms with van der Waals surface area (Å²) in [7, 11) is 0. The number of benzene rings is 1. The van der Waals surface area contributed by atoms with Crippen molar-refractivity contribution in [3.05, 3.63) is 27.7 Å². The lowest BCUT2D eigenvalue weighted by atomic mass is 9.78. The van der Waals surface area contributed by atoms with Crippen LogP contribution in [0.4, 0.5) is 5.69 Å². The third-order valence-corrected chi connectivity index (χ3v) is 4.41. The Morgan fingerprint density at radius 3 is 2.75 bits per heavy atom. The predicted molar refractivity (Wildman–Crippen MR) is 69.7 cm³/mol. The first kappa shape index (κ1) is 10.7. The number of nitrogens with one attached hydrogen (secondary N) is 1. The summed E-state index contributed by atoms with van der Waals surface area (Å²) in [4.78, 5) is 0. The molecule has 1 aromatic rings. The van der Waals surface area contributed by atoms with E-state index in [-0.39, 0.29) is 0 Å². The van der Waals surface area contributed by atoms with Gasteiger partial charge in [0.2, 0.25) is 0 Å². The van der Waals surface area contributed by atoms with Crippen LogP contribution in [-0.4, -0.2) is 6.54 Å². The molecule has 16 heavy (non-hydrogen) atoms. The van der Waals surface area contributed by atoms with Gasteiger partial charge >= 0.3 is 0 Å². The molecule has 86 valence electrons. The van der Waals surface area contributed by atoms with Crippen LogP contribution in [0, 0.1) is 5.92 Å². The van der Waals surface area contributed by atoms with Crippen LogP contribution >= 0.6 is 23.2 Å². The largest absolute Gasteiger partial charge is 0.383 e. The molecule has 3 heteroatoms. The Labute approximate surface area is 106 Å². The quantitative estimate of drug-likeness (QED) is 0.809. The number of rotatable bonds is 2. The molecule has 0 radical (unpaired) electrons. The van der Waals surface area contributed by atoms with Gasteiger partial charge in [0.05, 0.1) is 10.7 Å². The molecule has 1 fully saturated rings. The number of hydrogen-bond donors (Lipinski definition) is 1. The van der Waals surface area contributed by atoms with Crippen LogP contribution in [0.3, 0.4) is 0 Å². The summed E-state index contributed by atoms with van der Waals surface area (Å²) in [6.45, 7) is 1.02. The fraction of sp³-hybridized carbons (Fsp3) is 0.538. The molecule has 1 aliphatic heterocycles. The zero-order valence-electron chi connectivity index (χ0n) is 9.10. The predicted octanol–water partition coefficient (Wildman–Crippen LogP) is 4.69. The van der Waals surface area contributed by atoms with Crippen LogP contribution < -0.4 is 5.32 Å². The van der Waals surface area contributed by atoms with Crippen molar-refractivity contribution in [3.8, 4) is 0 Å². The van der Waals surface area contributed by atoms with Crippen molar-refractivity contribution < 1.29 is 0 Å². The summed E-state index contributed by atoms with van der Waals surface area (Å²) in [6, 6.07) is 3.90. The van der Waals surface area contributed by atoms with Crippen LogP contribution in [0.25, 0.3) is 0 Å². The van der Waals surface area contributed by atoms with Gasteiger partial charge in [-0.3, -0.25) is 0 Å². The Kier molecular flexibility index (Phi) is 2.76. The Morgan fingerprint density at radius 1 is 1.25 bits per heavy atom. The fourth-order valence-corrected chi connectivity index (χ4v) is 3.35. The lowest BCUT2D eigenvalue weighted by Crippen LogP contribution is -2.16. The van der Waals surface area contributed by atoms with Crippen LogP contribution in [0.15, 0.2) is 12.1 Å². The Morgan fingerprint density at radius 2 is 2.06 bits per heavy atom. The maximum Gasteiger partial charge on any atom is 0.0655 e. The van der Waals surface area contributed by atoms with Crippen LogP contribution in [0.1, 0.15) is 37.2 Å². The van der Waals surface area contributed by atoms with Gasteiger partial charge in [0.25, 0.3) is 0 Å². The molecule has 1 nitrogen and oxygen atoms in total. The first-order valence-corrected chi connectivity index (χ1v) is 6.72. The maximum atomic E-state index is 6.18. The summed E-state index contributed by atoms with van der Waals surface area (Å²) < 4.78 is 0. The van der Waals surface area contributed by atoms with E-state index >= 15 is 0 Å².